The molecule has 0 saturated carbocycles. The van der Waals surface area contributed by atoms with Crippen LogP contribution < -0.4 is 15.4 Å². The van der Waals surface area contributed by atoms with Gasteiger partial charge in [-0.05, 0) is 35.9 Å². The summed E-state index contributed by atoms with van der Waals surface area (Å²) in [6, 6.07) is 15.7. The Bertz CT molecular complexity index is 740. The van der Waals surface area contributed by atoms with E-state index in [2.05, 4.69) is 10.6 Å². The summed E-state index contributed by atoms with van der Waals surface area (Å²) in [5.74, 6) is -0.176. The fourth-order valence-corrected chi connectivity index (χ4v) is 2.07. The number of rotatable bonds is 7. The Hall–Kier alpha value is -3.12. The lowest BCUT2D eigenvalue weighted by Crippen LogP contribution is -2.36. The van der Waals surface area contributed by atoms with Gasteiger partial charge in [0.2, 0.25) is 0 Å². The molecule has 6 heteroatoms. The Morgan fingerprint density at radius 2 is 1.76 bits per heavy atom. The van der Waals surface area contributed by atoms with Gasteiger partial charge in [-0.25, -0.2) is 0 Å². The summed E-state index contributed by atoms with van der Waals surface area (Å²) in [5.41, 5.74) is 1.26. The van der Waals surface area contributed by atoms with Crippen molar-refractivity contribution in [2.24, 2.45) is 0 Å². The smallest absolute Gasteiger partial charge is 0.267 e. The number of carbonyl (C=O) groups is 2. The van der Waals surface area contributed by atoms with Gasteiger partial charge in [0, 0.05) is 12.1 Å². The van der Waals surface area contributed by atoms with E-state index in [1.807, 2.05) is 0 Å². The highest BCUT2D eigenvalue weighted by Crippen LogP contribution is 2.14. The molecule has 0 radical (unpaired) electrons. The van der Waals surface area contributed by atoms with E-state index in [0.29, 0.717) is 11.3 Å². The highest BCUT2D eigenvalue weighted by molar-refractivity contribution is 6.05. The molecule has 25 heavy (non-hydrogen) atoms. The van der Waals surface area contributed by atoms with Gasteiger partial charge < -0.3 is 20.5 Å². The molecule has 0 aliphatic rings. The van der Waals surface area contributed by atoms with Gasteiger partial charge in [-0.3, -0.25) is 9.59 Å². The van der Waals surface area contributed by atoms with Crippen molar-refractivity contribution < 1.29 is 19.4 Å². The number of amides is 2. The molecule has 0 aromatic heterocycles. The summed E-state index contributed by atoms with van der Waals surface area (Å²) in [6.07, 6.45) is 1.56. The number of aliphatic hydroxyl groups is 1. The van der Waals surface area contributed by atoms with Crippen molar-refractivity contribution in [2.45, 2.75) is 0 Å². The van der Waals surface area contributed by atoms with E-state index in [1.54, 1.807) is 67.8 Å². The monoisotopic (exact) mass is 340 g/mol. The number of aliphatic hydroxyl groups excluding tert-OH is 1. The molecular weight excluding hydrogens is 320 g/mol. The first kappa shape index (κ1) is 18.2. The summed E-state index contributed by atoms with van der Waals surface area (Å²) in [5, 5.41) is 14.0. The van der Waals surface area contributed by atoms with Gasteiger partial charge in [0.1, 0.15) is 11.4 Å². The van der Waals surface area contributed by atoms with Gasteiger partial charge in [-0.1, -0.05) is 30.3 Å². The number of ether oxygens (including phenoxy) is 1. The van der Waals surface area contributed by atoms with Gasteiger partial charge in [0.15, 0.2) is 0 Å². The Labute approximate surface area is 146 Å². The topological polar surface area (TPSA) is 87.7 Å². The van der Waals surface area contributed by atoms with Crippen LogP contribution in [0.3, 0.4) is 0 Å². The molecule has 2 aromatic rings. The van der Waals surface area contributed by atoms with Crippen LogP contribution in [0.5, 0.6) is 5.75 Å². The van der Waals surface area contributed by atoms with Crippen LogP contribution in [0, 0.1) is 0 Å². The third-order valence-electron chi connectivity index (χ3n) is 3.35. The molecule has 0 aliphatic carbocycles. The van der Waals surface area contributed by atoms with Crippen LogP contribution in [0.4, 0.5) is 0 Å². The molecule has 2 rings (SSSR count). The number of nitrogens with one attached hydrogen (secondary N) is 2. The van der Waals surface area contributed by atoms with E-state index in [-0.39, 0.29) is 24.8 Å². The van der Waals surface area contributed by atoms with Crippen molar-refractivity contribution in [2.75, 3.05) is 20.3 Å². The summed E-state index contributed by atoms with van der Waals surface area (Å²) in [4.78, 5) is 24.6. The van der Waals surface area contributed by atoms with Crippen molar-refractivity contribution in [1.82, 2.24) is 10.6 Å². The third-order valence-corrected chi connectivity index (χ3v) is 3.35. The number of carbonyl (C=O) groups excluding carboxylic acids is 2. The molecule has 6 nitrogen and oxygen atoms in total. The first-order valence-corrected chi connectivity index (χ1v) is 7.75. The minimum atomic E-state index is -0.478. The first-order chi connectivity index (χ1) is 12.1. The summed E-state index contributed by atoms with van der Waals surface area (Å²) in [6.45, 7) is -0.0891. The van der Waals surface area contributed by atoms with Crippen LogP contribution in [0.1, 0.15) is 15.9 Å². The molecule has 130 valence electrons. The van der Waals surface area contributed by atoms with E-state index in [9.17, 15) is 9.59 Å². The lowest BCUT2D eigenvalue weighted by atomic mass is 10.1. The van der Waals surface area contributed by atoms with Crippen molar-refractivity contribution in [3.05, 3.63) is 71.4 Å². The highest BCUT2D eigenvalue weighted by atomic mass is 16.5. The lowest BCUT2D eigenvalue weighted by molar-refractivity contribution is -0.117. The maximum absolute atomic E-state index is 12.3. The highest BCUT2D eigenvalue weighted by Gasteiger charge is 2.14. The van der Waals surface area contributed by atoms with E-state index < -0.39 is 5.91 Å². The quantitative estimate of drug-likeness (QED) is 0.668. The van der Waals surface area contributed by atoms with Crippen LogP contribution >= 0.6 is 0 Å². The number of benzene rings is 2. The van der Waals surface area contributed by atoms with Crippen LogP contribution in [-0.4, -0.2) is 37.2 Å². The van der Waals surface area contributed by atoms with Crippen LogP contribution in [-0.2, 0) is 4.79 Å². The van der Waals surface area contributed by atoms with Crippen LogP contribution in [0.25, 0.3) is 6.08 Å². The molecule has 0 heterocycles. The number of hydrogen-bond acceptors (Lipinski definition) is 4. The standard InChI is InChI=1S/C19H20N2O4/c1-25-16-9-7-14(8-10-16)13-17(19(24)20-11-12-22)21-18(23)15-5-3-2-4-6-15/h2-10,13,22H,11-12H2,1H3,(H,20,24)(H,21,23). The molecule has 2 amide bonds. The molecule has 0 unspecified atom stereocenters. The minimum Gasteiger partial charge on any atom is -0.497 e. The molecule has 0 bridgehead atoms. The molecule has 0 saturated heterocycles. The predicted octanol–water partition coefficient (Wildman–Crippen LogP) is 1.57. The van der Waals surface area contributed by atoms with Crippen LogP contribution in [0.2, 0.25) is 0 Å². The fourth-order valence-electron chi connectivity index (χ4n) is 2.07. The average Bonchev–Trinajstić information content (AvgIpc) is 2.66. The minimum absolute atomic E-state index is 0.0902. The molecular formula is C19H20N2O4. The maximum atomic E-state index is 12.3. The lowest BCUT2D eigenvalue weighted by Gasteiger charge is -2.11. The molecule has 0 atom stereocenters. The van der Waals surface area contributed by atoms with Crippen molar-refractivity contribution >= 4 is 17.9 Å². The van der Waals surface area contributed by atoms with E-state index >= 15 is 0 Å². The Balaban J connectivity index is 2.23. The van der Waals surface area contributed by atoms with Gasteiger partial charge >= 0.3 is 0 Å². The normalized spacial score (nSPS) is 10.9. The molecule has 0 spiro atoms. The zero-order chi connectivity index (χ0) is 18.1. The Morgan fingerprint density at radius 3 is 2.36 bits per heavy atom. The first-order valence-electron chi connectivity index (χ1n) is 7.75. The molecule has 0 fully saturated rings. The zero-order valence-corrected chi connectivity index (χ0v) is 13.9. The number of methoxy groups -OCH3 is 1. The Kier molecular flexibility index (Phi) is 6.74. The maximum Gasteiger partial charge on any atom is 0.267 e. The number of hydrogen-bond donors (Lipinski definition) is 3. The summed E-state index contributed by atoms with van der Waals surface area (Å²) >= 11 is 0. The van der Waals surface area contributed by atoms with E-state index in [0.717, 1.165) is 5.56 Å². The SMILES string of the molecule is COc1ccc(C=C(NC(=O)c2ccccc2)C(=O)NCCO)cc1. The second-order valence-corrected chi connectivity index (χ2v) is 5.13. The van der Waals surface area contributed by atoms with Gasteiger partial charge in [0.25, 0.3) is 11.8 Å². The molecule has 2 aromatic carbocycles. The van der Waals surface area contributed by atoms with Gasteiger partial charge in [-0.2, -0.15) is 0 Å². The molecule has 0 aliphatic heterocycles. The van der Waals surface area contributed by atoms with E-state index in [1.165, 1.54) is 0 Å². The summed E-state index contributed by atoms with van der Waals surface area (Å²) in [7, 11) is 1.57. The predicted molar refractivity (Wildman–Crippen MR) is 95.0 cm³/mol. The fraction of sp³-hybridized carbons (Fsp3) is 0.158. The molecule has 3 N–H and O–H groups in total. The second-order valence-electron chi connectivity index (χ2n) is 5.13. The van der Waals surface area contributed by atoms with E-state index in [4.69, 9.17) is 9.84 Å². The summed E-state index contributed by atoms with van der Waals surface area (Å²) < 4.78 is 5.10. The van der Waals surface area contributed by atoms with Crippen molar-refractivity contribution in [1.29, 1.82) is 0 Å². The average molecular weight is 340 g/mol. The third kappa shape index (κ3) is 5.47. The Morgan fingerprint density at radius 1 is 1.08 bits per heavy atom. The van der Waals surface area contributed by atoms with Crippen molar-refractivity contribution in [3.63, 3.8) is 0 Å². The second kappa shape index (κ2) is 9.24. The van der Waals surface area contributed by atoms with Gasteiger partial charge in [-0.15, -0.1) is 0 Å². The van der Waals surface area contributed by atoms with Crippen LogP contribution in [0.15, 0.2) is 60.3 Å². The van der Waals surface area contributed by atoms with Crippen molar-refractivity contribution in [3.8, 4) is 5.75 Å². The van der Waals surface area contributed by atoms with Gasteiger partial charge in [0.05, 0.1) is 13.7 Å². The zero-order valence-electron chi connectivity index (χ0n) is 13.9. The largest absolute Gasteiger partial charge is 0.497 e.